The molecule has 0 amide bonds. The highest BCUT2D eigenvalue weighted by Crippen LogP contribution is 2.42. The van der Waals surface area contributed by atoms with Gasteiger partial charge in [-0.25, -0.2) is 0 Å². The third kappa shape index (κ3) is 22.5. The highest BCUT2D eigenvalue weighted by Gasteiger charge is 2.29. The van der Waals surface area contributed by atoms with Crippen molar-refractivity contribution in [3.8, 4) is 12.3 Å². The summed E-state index contributed by atoms with van der Waals surface area (Å²) in [6.45, 7) is 30.2. The standard InChI is InChI=1S/C40H47N.C10H16.C9H16.C8H10.C7H10/c1-28-5-13-32(14-6-28)35-25-36(33-15-7-29(2)8-16-33)27-37(26-35)34-17-23-40(24-18-34)41(38-19-9-30(3)10-20-38)39-21-11-31(4)12-22-39;1-5-9(3)7-8-10(4)6-2;1-5-6-7-9(4)8(2)3;1-7-3-5-8(2)6-4-7;1-7-5-3-2-4-6-7/h5-9,11,13-15,17,19,23,26-27,33,36,39H,10,12,16,18,20-22,24-25H2,1-4H3;1,6,9H,7-8H2,2-4H3;5-8H,1-4H3;3-6H,1-2H3;2-3,5H,4,6H2,1H3/b;10-6-;6-5-,9-7-;;. The molecule has 0 radical (unpaired) electrons. The molecule has 0 bridgehead atoms. The number of aryl methyl sites for hydroxylation is 3. The molecule has 2 aromatic rings. The van der Waals surface area contributed by atoms with Crippen molar-refractivity contribution < 1.29 is 0 Å². The molecule has 0 aromatic heterocycles. The zero-order valence-electron chi connectivity index (χ0n) is 49.5. The minimum Gasteiger partial charge on any atom is -0.345 e. The maximum Gasteiger partial charge on any atom is 0.0373 e. The third-order valence-corrected chi connectivity index (χ3v) is 15.5. The summed E-state index contributed by atoms with van der Waals surface area (Å²) in [4.78, 5) is 2.74. The summed E-state index contributed by atoms with van der Waals surface area (Å²) in [5.74, 6) is 4.94. The molecule has 0 saturated carbocycles. The highest BCUT2D eigenvalue weighted by molar-refractivity contribution is 5.72. The lowest BCUT2D eigenvalue weighted by Gasteiger charge is -2.40. The van der Waals surface area contributed by atoms with Gasteiger partial charge in [0.25, 0.3) is 0 Å². The lowest BCUT2D eigenvalue weighted by molar-refractivity contribution is 0.271. The van der Waals surface area contributed by atoms with Crippen molar-refractivity contribution in [1.29, 1.82) is 0 Å². The molecular formula is C74H99N. The van der Waals surface area contributed by atoms with Crippen LogP contribution in [0.2, 0.25) is 0 Å². The first-order valence-electron chi connectivity index (χ1n) is 28.8. The number of terminal acetylenes is 1. The second kappa shape index (κ2) is 33.2. The normalized spacial score (nSPS) is 20.8. The Labute approximate surface area is 460 Å². The molecule has 0 N–H and O–H groups in total. The van der Waals surface area contributed by atoms with Gasteiger partial charge in [-0.05, 0) is 212 Å². The quantitative estimate of drug-likeness (QED) is 0.123. The summed E-state index contributed by atoms with van der Waals surface area (Å²) < 4.78 is 0. The van der Waals surface area contributed by atoms with Crippen LogP contribution in [-0.4, -0.2) is 10.9 Å². The second-order valence-electron chi connectivity index (χ2n) is 22.6. The predicted molar refractivity (Wildman–Crippen MR) is 334 cm³/mol. The van der Waals surface area contributed by atoms with E-state index in [4.69, 9.17) is 6.42 Å². The molecule has 8 rings (SSSR count). The van der Waals surface area contributed by atoms with E-state index in [2.05, 4.69) is 247 Å². The van der Waals surface area contributed by atoms with Crippen molar-refractivity contribution >= 4 is 5.57 Å². The van der Waals surface area contributed by atoms with Crippen molar-refractivity contribution in [3.05, 3.63) is 230 Å². The van der Waals surface area contributed by atoms with Gasteiger partial charge >= 0.3 is 0 Å². The molecule has 1 heteroatoms. The summed E-state index contributed by atoms with van der Waals surface area (Å²) in [7, 11) is 0. The number of nitrogens with zero attached hydrogens (tertiary/aromatic N) is 1. The molecule has 6 aliphatic rings. The monoisotopic (exact) mass is 1000 g/mol. The number of benzene rings is 2. The Morgan fingerprint density at radius 3 is 1.81 bits per heavy atom. The van der Waals surface area contributed by atoms with E-state index in [1.165, 1.54) is 110 Å². The van der Waals surface area contributed by atoms with Crippen LogP contribution in [0.3, 0.4) is 0 Å². The van der Waals surface area contributed by atoms with Crippen molar-refractivity contribution in [2.24, 2.45) is 23.7 Å². The molecule has 4 atom stereocenters. The number of hydrogen-bond donors (Lipinski definition) is 0. The Bertz CT molecular complexity index is 2590. The van der Waals surface area contributed by atoms with Crippen LogP contribution >= 0.6 is 0 Å². The average Bonchev–Trinajstić information content (AvgIpc) is 3.42. The molecular weight excluding hydrogens is 903 g/mol. The molecule has 1 nitrogen and oxygen atoms in total. The van der Waals surface area contributed by atoms with Gasteiger partial charge in [0.05, 0.1) is 0 Å². The van der Waals surface area contributed by atoms with Crippen LogP contribution in [0.1, 0.15) is 182 Å². The summed E-state index contributed by atoms with van der Waals surface area (Å²) >= 11 is 0. The molecule has 400 valence electrons. The Balaban J connectivity index is 0.000000286. The number of hydrogen-bond acceptors (Lipinski definition) is 1. The lowest BCUT2D eigenvalue weighted by Crippen LogP contribution is -2.36. The van der Waals surface area contributed by atoms with E-state index in [1.807, 2.05) is 13.0 Å². The van der Waals surface area contributed by atoms with Gasteiger partial charge in [0, 0.05) is 23.4 Å². The topological polar surface area (TPSA) is 3.24 Å². The van der Waals surface area contributed by atoms with E-state index in [0.29, 0.717) is 29.7 Å². The molecule has 0 fully saturated rings. The van der Waals surface area contributed by atoms with E-state index in [0.717, 1.165) is 51.4 Å². The Morgan fingerprint density at radius 1 is 0.693 bits per heavy atom. The average molecular weight is 1000 g/mol. The van der Waals surface area contributed by atoms with Gasteiger partial charge in [-0.1, -0.05) is 211 Å². The van der Waals surface area contributed by atoms with Gasteiger partial charge in [0.1, 0.15) is 0 Å². The first kappa shape index (κ1) is 61.7. The van der Waals surface area contributed by atoms with Crippen LogP contribution < -0.4 is 0 Å². The number of allylic oxidation sites excluding steroid dienone is 27. The van der Waals surface area contributed by atoms with Gasteiger partial charge in [-0.15, -0.1) is 12.3 Å². The van der Waals surface area contributed by atoms with Gasteiger partial charge in [-0.3, -0.25) is 0 Å². The fourth-order valence-electron chi connectivity index (χ4n) is 9.65. The largest absolute Gasteiger partial charge is 0.345 e. The van der Waals surface area contributed by atoms with E-state index >= 15 is 0 Å². The maximum atomic E-state index is 5.23. The van der Waals surface area contributed by atoms with E-state index in [1.54, 1.807) is 5.57 Å². The van der Waals surface area contributed by atoms with Crippen molar-refractivity contribution in [1.82, 2.24) is 4.90 Å². The van der Waals surface area contributed by atoms with E-state index in [9.17, 15) is 0 Å². The Hall–Kier alpha value is -5.84. The molecule has 75 heavy (non-hydrogen) atoms. The van der Waals surface area contributed by atoms with E-state index in [-0.39, 0.29) is 0 Å². The fourth-order valence-corrected chi connectivity index (χ4v) is 9.65. The van der Waals surface area contributed by atoms with Gasteiger partial charge in [0.15, 0.2) is 0 Å². The fraction of sp³-hybridized carbons (Fsp3) is 0.432. The molecule has 6 aliphatic carbocycles. The van der Waals surface area contributed by atoms with Gasteiger partial charge in [-0.2, -0.15) is 0 Å². The van der Waals surface area contributed by atoms with Gasteiger partial charge < -0.3 is 4.90 Å². The minimum atomic E-state index is 0.426. The van der Waals surface area contributed by atoms with Crippen LogP contribution in [0.5, 0.6) is 0 Å². The van der Waals surface area contributed by atoms with Crippen molar-refractivity contribution in [2.45, 2.75) is 186 Å². The molecule has 0 heterocycles. The zero-order valence-corrected chi connectivity index (χ0v) is 49.5. The molecule has 0 saturated heterocycles. The van der Waals surface area contributed by atoms with Crippen LogP contribution in [0.25, 0.3) is 5.57 Å². The zero-order chi connectivity index (χ0) is 54.7. The van der Waals surface area contributed by atoms with Crippen LogP contribution in [0.4, 0.5) is 0 Å². The first-order valence-corrected chi connectivity index (χ1v) is 28.8. The second-order valence-corrected chi connectivity index (χ2v) is 22.6. The molecule has 0 spiro atoms. The number of rotatable bonds is 11. The lowest BCUT2D eigenvalue weighted by atomic mass is 9.75. The summed E-state index contributed by atoms with van der Waals surface area (Å²) in [5.41, 5.74) is 21.7. The predicted octanol–water partition coefficient (Wildman–Crippen LogP) is 21.6. The van der Waals surface area contributed by atoms with Crippen LogP contribution in [0.15, 0.2) is 208 Å². The molecule has 2 aromatic carbocycles. The summed E-state index contributed by atoms with van der Waals surface area (Å²) in [6, 6.07) is 18.2. The third-order valence-electron chi connectivity index (χ3n) is 15.5. The van der Waals surface area contributed by atoms with Crippen LogP contribution in [-0.2, 0) is 0 Å². The van der Waals surface area contributed by atoms with Gasteiger partial charge in [0.2, 0.25) is 0 Å². The van der Waals surface area contributed by atoms with Crippen molar-refractivity contribution in [2.75, 3.05) is 0 Å². The summed E-state index contributed by atoms with van der Waals surface area (Å²) in [6.07, 6.45) is 59.9. The molecule has 0 aliphatic heterocycles. The van der Waals surface area contributed by atoms with Crippen LogP contribution in [0, 0.1) is 56.8 Å². The summed E-state index contributed by atoms with van der Waals surface area (Å²) in [5, 5.41) is 0. The highest BCUT2D eigenvalue weighted by atomic mass is 15.2. The maximum absolute atomic E-state index is 5.23. The van der Waals surface area contributed by atoms with E-state index < -0.39 is 0 Å². The van der Waals surface area contributed by atoms with Crippen molar-refractivity contribution in [3.63, 3.8) is 0 Å². The molecule has 4 unspecified atom stereocenters. The minimum absolute atomic E-state index is 0.426. The Kier molecular flexibility index (Phi) is 27.4. The Morgan fingerprint density at radius 2 is 1.33 bits per heavy atom. The smallest absolute Gasteiger partial charge is 0.0373 e. The first-order chi connectivity index (χ1) is 36.0. The SMILES string of the molecule is C#CC(C)CC/C(C)=C\C.C/C=C\C=C(\C)C(C)C.CC1=CC=CCC1.CC1=CCC(C2C=C(C3=CC=C(N(C4=CC=C(C)CC4)C4CC=C(C)CC4)CC3)C=C(c3ccc(C)cc3)C2)C=C1.Cc1ccc(C)cc1.